The summed E-state index contributed by atoms with van der Waals surface area (Å²) in [6, 6.07) is 41.4. The Balaban J connectivity index is 1.31. The number of hydrogen-bond acceptors (Lipinski definition) is 4. The monoisotopic (exact) mass is 567 g/mol. The van der Waals surface area contributed by atoms with Crippen LogP contribution in [0.3, 0.4) is 0 Å². The standard InChI is InChI=1S/C37H33N3O3/c1-26-12-18-30(19-13-26)38-35(41)25-43-32-22-16-29(17-23-32)36-39(24-28-8-4-3-5-9-28)34-11-7-6-10-33(34)37(42)40(36)31-20-14-27(2)15-21-31/h3-23,36H,24-25H2,1-2H3,(H,38,41)/t36-/m1/s1. The van der Waals surface area contributed by atoms with Gasteiger partial charge in [0.15, 0.2) is 6.61 Å². The maximum Gasteiger partial charge on any atom is 0.262 e. The molecule has 0 saturated carbocycles. The molecular weight excluding hydrogens is 534 g/mol. The summed E-state index contributed by atoms with van der Waals surface area (Å²) in [5.41, 5.74) is 7.41. The Kier molecular flexibility index (Phi) is 7.92. The first-order valence-electron chi connectivity index (χ1n) is 14.4. The van der Waals surface area contributed by atoms with Gasteiger partial charge in [-0.25, -0.2) is 0 Å². The molecule has 6 rings (SSSR count). The van der Waals surface area contributed by atoms with Crippen molar-refractivity contribution in [2.75, 3.05) is 21.7 Å². The second-order valence-electron chi connectivity index (χ2n) is 10.8. The topological polar surface area (TPSA) is 61.9 Å². The number of carbonyl (C=O) groups is 2. The van der Waals surface area contributed by atoms with E-state index in [1.807, 2.05) is 134 Å². The number of nitrogens with zero attached hydrogens (tertiary/aromatic N) is 2. The van der Waals surface area contributed by atoms with Gasteiger partial charge >= 0.3 is 0 Å². The number of hydrogen-bond donors (Lipinski definition) is 1. The van der Waals surface area contributed by atoms with E-state index >= 15 is 0 Å². The number of ether oxygens (including phenoxy) is 1. The van der Waals surface area contributed by atoms with Crippen molar-refractivity contribution < 1.29 is 14.3 Å². The molecule has 43 heavy (non-hydrogen) atoms. The van der Waals surface area contributed by atoms with Crippen LogP contribution in [0.2, 0.25) is 0 Å². The first-order chi connectivity index (χ1) is 21.0. The van der Waals surface area contributed by atoms with Gasteiger partial charge in [0.1, 0.15) is 11.9 Å². The number of nitrogens with one attached hydrogen (secondary N) is 1. The summed E-state index contributed by atoms with van der Waals surface area (Å²) in [5, 5.41) is 2.86. The van der Waals surface area contributed by atoms with Gasteiger partial charge in [0, 0.05) is 17.9 Å². The normalized spacial score (nSPS) is 14.3. The zero-order valence-electron chi connectivity index (χ0n) is 24.2. The molecule has 0 bridgehead atoms. The van der Waals surface area contributed by atoms with Gasteiger partial charge in [0.05, 0.1) is 11.3 Å². The van der Waals surface area contributed by atoms with Crippen molar-refractivity contribution in [3.05, 3.63) is 155 Å². The number of para-hydroxylation sites is 1. The number of rotatable bonds is 8. The third-order valence-electron chi connectivity index (χ3n) is 7.59. The summed E-state index contributed by atoms with van der Waals surface area (Å²) in [4.78, 5) is 30.8. The smallest absolute Gasteiger partial charge is 0.262 e. The lowest BCUT2D eigenvalue weighted by Crippen LogP contribution is -2.49. The molecule has 6 nitrogen and oxygen atoms in total. The lowest BCUT2D eigenvalue weighted by atomic mass is 9.99. The molecule has 0 saturated heterocycles. The predicted molar refractivity (Wildman–Crippen MR) is 172 cm³/mol. The molecule has 5 aromatic rings. The van der Waals surface area contributed by atoms with Crippen LogP contribution in [-0.2, 0) is 11.3 Å². The second-order valence-corrected chi connectivity index (χ2v) is 10.8. The van der Waals surface area contributed by atoms with Crippen molar-refractivity contribution in [3.8, 4) is 5.75 Å². The third kappa shape index (κ3) is 6.14. The van der Waals surface area contributed by atoms with Crippen molar-refractivity contribution in [2.45, 2.75) is 26.6 Å². The average Bonchev–Trinajstić information content (AvgIpc) is 3.04. The second kappa shape index (κ2) is 12.2. The van der Waals surface area contributed by atoms with Crippen molar-refractivity contribution in [1.29, 1.82) is 0 Å². The summed E-state index contributed by atoms with van der Waals surface area (Å²) < 4.78 is 5.82. The van der Waals surface area contributed by atoms with E-state index in [9.17, 15) is 9.59 Å². The van der Waals surface area contributed by atoms with Crippen LogP contribution in [0.1, 0.15) is 38.8 Å². The molecule has 0 aliphatic carbocycles. The molecule has 214 valence electrons. The van der Waals surface area contributed by atoms with Gasteiger partial charge in [-0.1, -0.05) is 90.0 Å². The zero-order valence-corrected chi connectivity index (χ0v) is 24.2. The molecule has 0 spiro atoms. The summed E-state index contributed by atoms with van der Waals surface area (Å²) >= 11 is 0. The Bertz CT molecular complexity index is 1720. The van der Waals surface area contributed by atoms with Crippen molar-refractivity contribution in [1.82, 2.24) is 0 Å². The summed E-state index contributed by atoms with van der Waals surface area (Å²) in [6.07, 6.45) is -0.413. The average molecular weight is 568 g/mol. The molecule has 0 aromatic heterocycles. The molecule has 5 aromatic carbocycles. The highest BCUT2D eigenvalue weighted by Gasteiger charge is 2.39. The summed E-state index contributed by atoms with van der Waals surface area (Å²) in [6.45, 7) is 4.53. The minimum Gasteiger partial charge on any atom is -0.484 e. The van der Waals surface area contributed by atoms with E-state index in [-0.39, 0.29) is 18.4 Å². The van der Waals surface area contributed by atoms with Gasteiger partial charge in [-0.3, -0.25) is 14.5 Å². The number of amides is 2. The molecule has 1 heterocycles. The summed E-state index contributed by atoms with van der Waals surface area (Å²) in [5.74, 6) is 0.283. The van der Waals surface area contributed by atoms with E-state index in [2.05, 4.69) is 22.3 Å². The number of carbonyl (C=O) groups excluding carboxylic acids is 2. The number of aryl methyl sites for hydroxylation is 2. The van der Waals surface area contributed by atoms with Gasteiger partial charge in [-0.2, -0.15) is 0 Å². The van der Waals surface area contributed by atoms with E-state index in [1.165, 1.54) is 0 Å². The molecule has 2 amide bonds. The first kappa shape index (κ1) is 27.8. The van der Waals surface area contributed by atoms with Crippen LogP contribution in [0.5, 0.6) is 5.75 Å². The summed E-state index contributed by atoms with van der Waals surface area (Å²) in [7, 11) is 0. The number of anilines is 3. The molecule has 1 atom stereocenters. The van der Waals surface area contributed by atoms with E-state index in [4.69, 9.17) is 4.74 Å². The zero-order chi connectivity index (χ0) is 29.8. The first-order valence-corrected chi connectivity index (χ1v) is 14.4. The largest absolute Gasteiger partial charge is 0.484 e. The number of benzene rings is 5. The van der Waals surface area contributed by atoms with Gasteiger partial charge in [-0.15, -0.1) is 0 Å². The van der Waals surface area contributed by atoms with E-state index in [0.717, 1.165) is 39.3 Å². The van der Waals surface area contributed by atoms with E-state index in [0.29, 0.717) is 17.9 Å². The minimum absolute atomic E-state index is 0.0538. The Hall–Kier alpha value is -5.36. The SMILES string of the molecule is Cc1ccc(NC(=O)COc2ccc([C@@H]3N(Cc4ccccc4)c4ccccc4C(=O)N3c3ccc(C)cc3)cc2)cc1. The molecule has 0 fully saturated rings. The highest BCUT2D eigenvalue weighted by molar-refractivity contribution is 6.12. The fourth-order valence-electron chi connectivity index (χ4n) is 5.38. The van der Waals surface area contributed by atoms with Gasteiger partial charge in [0.2, 0.25) is 0 Å². The van der Waals surface area contributed by atoms with Gasteiger partial charge in [0.25, 0.3) is 11.8 Å². The van der Waals surface area contributed by atoms with Crippen molar-refractivity contribution in [3.63, 3.8) is 0 Å². The maximum absolute atomic E-state index is 14.1. The van der Waals surface area contributed by atoms with Crippen LogP contribution in [0, 0.1) is 13.8 Å². The highest BCUT2D eigenvalue weighted by Crippen LogP contribution is 2.42. The van der Waals surface area contributed by atoms with E-state index in [1.54, 1.807) is 0 Å². The van der Waals surface area contributed by atoms with Crippen LogP contribution in [0.25, 0.3) is 0 Å². The fourth-order valence-corrected chi connectivity index (χ4v) is 5.38. The maximum atomic E-state index is 14.1. The molecule has 6 heteroatoms. The van der Waals surface area contributed by atoms with Gasteiger partial charge < -0.3 is 15.0 Å². The Labute approximate surface area is 252 Å². The van der Waals surface area contributed by atoms with Crippen molar-refractivity contribution >= 4 is 28.9 Å². The molecule has 0 radical (unpaired) electrons. The van der Waals surface area contributed by atoms with Crippen LogP contribution in [-0.4, -0.2) is 18.4 Å². The van der Waals surface area contributed by atoms with Crippen LogP contribution >= 0.6 is 0 Å². The third-order valence-corrected chi connectivity index (χ3v) is 7.59. The molecule has 0 unspecified atom stereocenters. The minimum atomic E-state index is -0.413. The fraction of sp³-hybridized carbons (Fsp3) is 0.135. The lowest BCUT2D eigenvalue weighted by molar-refractivity contribution is -0.118. The Morgan fingerprint density at radius 2 is 1.37 bits per heavy atom. The molecule has 1 N–H and O–H groups in total. The Morgan fingerprint density at radius 1 is 0.744 bits per heavy atom. The van der Waals surface area contributed by atoms with Crippen LogP contribution in [0.4, 0.5) is 17.1 Å². The van der Waals surface area contributed by atoms with Gasteiger partial charge in [-0.05, 0) is 73.5 Å². The molecular formula is C37H33N3O3. The quantitative estimate of drug-likeness (QED) is 0.209. The predicted octanol–water partition coefficient (Wildman–Crippen LogP) is 7.69. The number of fused-ring (bicyclic) bond motifs is 1. The Morgan fingerprint density at radius 3 is 2.07 bits per heavy atom. The lowest BCUT2D eigenvalue weighted by Gasteiger charge is -2.46. The van der Waals surface area contributed by atoms with Crippen LogP contribution < -0.4 is 19.9 Å². The van der Waals surface area contributed by atoms with E-state index < -0.39 is 6.17 Å². The molecule has 1 aliphatic rings. The molecule has 1 aliphatic heterocycles. The highest BCUT2D eigenvalue weighted by atomic mass is 16.5. The van der Waals surface area contributed by atoms with Crippen molar-refractivity contribution in [2.24, 2.45) is 0 Å². The van der Waals surface area contributed by atoms with Crippen LogP contribution in [0.15, 0.2) is 127 Å².